The molecule has 1 N–H and O–H groups in total. The standard InChI is InChI=1S/C19H18N4O.C2H6/c1-24-12-11-23-17-10-6-5-9-15(17)22-19(23)16-13-20-18(21-16)14-7-3-2-4-8-14;1-2/h2-10,13H,11-12H2,1H3,(H,20,21);1-2H3. The maximum absolute atomic E-state index is 5.26. The fourth-order valence-electron chi connectivity index (χ4n) is 2.87. The van der Waals surface area contributed by atoms with Crippen molar-refractivity contribution in [3.63, 3.8) is 0 Å². The Morgan fingerprint density at radius 3 is 2.50 bits per heavy atom. The first-order valence-electron chi connectivity index (χ1n) is 8.92. The third-order valence-corrected chi connectivity index (χ3v) is 4.04. The van der Waals surface area contributed by atoms with E-state index < -0.39 is 0 Å². The summed E-state index contributed by atoms with van der Waals surface area (Å²) in [7, 11) is 1.71. The Hall–Kier alpha value is -2.92. The molecule has 26 heavy (non-hydrogen) atoms. The zero-order chi connectivity index (χ0) is 18.4. The van der Waals surface area contributed by atoms with E-state index in [0.717, 1.165) is 40.5 Å². The van der Waals surface area contributed by atoms with Crippen molar-refractivity contribution >= 4 is 11.0 Å². The van der Waals surface area contributed by atoms with E-state index in [1.54, 1.807) is 7.11 Å². The van der Waals surface area contributed by atoms with Crippen LogP contribution in [0.4, 0.5) is 0 Å². The second kappa shape index (κ2) is 8.45. The number of imidazole rings is 2. The summed E-state index contributed by atoms with van der Waals surface area (Å²) in [4.78, 5) is 12.7. The Labute approximate surface area is 153 Å². The van der Waals surface area contributed by atoms with Gasteiger partial charge in [0.25, 0.3) is 0 Å². The number of aromatic amines is 1. The minimum absolute atomic E-state index is 0.632. The lowest BCUT2D eigenvalue weighted by Gasteiger charge is -2.07. The van der Waals surface area contributed by atoms with Crippen LogP contribution in [-0.2, 0) is 11.3 Å². The SMILES string of the molecule is CC.COCCn1c(-c2cnc(-c3ccccc3)[nH]2)nc2ccccc21. The molecule has 0 aliphatic rings. The molecule has 4 rings (SSSR count). The van der Waals surface area contributed by atoms with Gasteiger partial charge in [-0.05, 0) is 12.1 Å². The monoisotopic (exact) mass is 348 g/mol. The summed E-state index contributed by atoms with van der Waals surface area (Å²) < 4.78 is 7.42. The normalized spacial score (nSPS) is 10.6. The molecule has 0 atom stereocenters. The van der Waals surface area contributed by atoms with Crippen LogP contribution in [0.25, 0.3) is 33.9 Å². The molecule has 0 bridgehead atoms. The van der Waals surface area contributed by atoms with Gasteiger partial charge in [-0.25, -0.2) is 9.97 Å². The van der Waals surface area contributed by atoms with Gasteiger partial charge >= 0.3 is 0 Å². The van der Waals surface area contributed by atoms with E-state index in [2.05, 4.69) is 20.6 Å². The van der Waals surface area contributed by atoms with Crippen molar-refractivity contribution in [2.24, 2.45) is 0 Å². The third-order valence-electron chi connectivity index (χ3n) is 4.04. The van der Waals surface area contributed by atoms with Gasteiger partial charge in [-0.3, -0.25) is 0 Å². The van der Waals surface area contributed by atoms with Gasteiger partial charge in [0, 0.05) is 19.2 Å². The van der Waals surface area contributed by atoms with Gasteiger partial charge < -0.3 is 14.3 Å². The summed E-state index contributed by atoms with van der Waals surface area (Å²) in [6.45, 7) is 5.37. The van der Waals surface area contributed by atoms with Gasteiger partial charge in [-0.1, -0.05) is 56.3 Å². The molecule has 0 spiro atoms. The maximum atomic E-state index is 5.26. The summed E-state index contributed by atoms with van der Waals surface area (Å²) in [5, 5.41) is 0. The lowest BCUT2D eigenvalue weighted by Crippen LogP contribution is -2.06. The van der Waals surface area contributed by atoms with Crippen LogP contribution < -0.4 is 0 Å². The van der Waals surface area contributed by atoms with Gasteiger partial charge in [0.1, 0.15) is 11.5 Å². The van der Waals surface area contributed by atoms with Crippen LogP contribution in [0.3, 0.4) is 0 Å². The molecular weight excluding hydrogens is 324 g/mol. The minimum atomic E-state index is 0.632. The number of rotatable bonds is 5. The molecule has 0 aliphatic carbocycles. The zero-order valence-corrected chi connectivity index (χ0v) is 15.4. The number of nitrogens with zero attached hydrogens (tertiary/aromatic N) is 3. The molecule has 5 heteroatoms. The zero-order valence-electron chi connectivity index (χ0n) is 15.4. The number of nitrogens with one attached hydrogen (secondary N) is 1. The van der Waals surface area contributed by atoms with Crippen molar-refractivity contribution in [1.29, 1.82) is 0 Å². The number of benzene rings is 2. The van der Waals surface area contributed by atoms with Crippen molar-refractivity contribution in [2.75, 3.05) is 13.7 Å². The molecular formula is C21H24N4O. The van der Waals surface area contributed by atoms with Crippen LogP contribution in [0.5, 0.6) is 0 Å². The van der Waals surface area contributed by atoms with Crippen molar-refractivity contribution in [3.05, 3.63) is 60.8 Å². The highest BCUT2D eigenvalue weighted by Gasteiger charge is 2.14. The van der Waals surface area contributed by atoms with Crippen molar-refractivity contribution in [1.82, 2.24) is 19.5 Å². The molecule has 0 fully saturated rings. The molecule has 0 unspecified atom stereocenters. The number of ether oxygens (including phenoxy) is 1. The first-order chi connectivity index (χ1) is 12.9. The first-order valence-corrected chi connectivity index (χ1v) is 8.92. The predicted octanol–water partition coefficient (Wildman–Crippen LogP) is 4.77. The quantitative estimate of drug-likeness (QED) is 0.565. The lowest BCUT2D eigenvalue weighted by molar-refractivity contribution is 0.188. The molecule has 0 saturated carbocycles. The number of H-pyrrole nitrogens is 1. The fourth-order valence-corrected chi connectivity index (χ4v) is 2.87. The van der Waals surface area contributed by atoms with Crippen molar-refractivity contribution < 1.29 is 4.74 Å². The number of para-hydroxylation sites is 2. The molecule has 2 aromatic heterocycles. The van der Waals surface area contributed by atoms with E-state index in [9.17, 15) is 0 Å². The summed E-state index contributed by atoms with van der Waals surface area (Å²) in [5.74, 6) is 1.72. The van der Waals surface area contributed by atoms with Crippen LogP contribution >= 0.6 is 0 Å². The van der Waals surface area contributed by atoms with Crippen molar-refractivity contribution in [3.8, 4) is 22.9 Å². The molecule has 0 amide bonds. The van der Waals surface area contributed by atoms with Gasteiger partial charge in [-0.2, -0.15) is 0 Å². The Kier molecular flexibility index (Phi) is 5.81. The highest BCUT2D eigenvalue weighted by atomic mass is 16.5. The molecule has 2 heterocycles. The Morgan fingerprint density at radius 1 is 1.00 bits per heavy atom. The second-order valence-corrected chi connectivity index (χ2v) is 5.58. The molecule has 2 aromatic carbocycles. The number of methoxy groups -OCH3 is 1. The molecule has 0 saturated heterocycles. The summed E-state index contributed by atoms with van der Waals surface area (Å²) in [6.07, 6.45) is 1.84. The van der Waals surface area contributed by atoms with Crippen LogP contribution in [0.2, 0.25) is 0 Å². The summed E-state index contributed by atoms with van der Waals surface area (Å²) >= 11 is 0. The van der Waals surface area contributed by atoms with E-state index in [-0.39, 0.29) is 0 Å². The van der Waals surface area contributed by atoms with Gasteiger partial charge in [0.15, 0.2) is 5.82 Å². The molecule has 0 aliphatic heterocycles. The van der Waals surface area contributed by atoms with Crippen LogP contribution in [-0.4, -0.2) is 33.2 Å². The number of hydrogen-bond acceptors (Lipinski definition) is 3. The molecule has 134 valence electrons. The van der Waals surface area contributed by atoms with E-state index in [4.69, 9.17) is 9.72 Å². The van der Waals surface area contributed by atoms with E-state index in [0.29, 0.717) is 6.61 Å². The van der Waals surface area contributed by atoms with Crippen LogP contribution in [0.1, 0.15) is 13.8 Å². The first kappa shape index (κ1) is 17.9. The highest BCUT2D eigenvalue weighted by Crippen LogP contribution is 2.25. The topological polar surface area (TPSA) is 55.7 Å². The number of hydrogen-bond donors (Lipinski definition) is 1. The van der Waals surface area contributed by atoms with E-state index in [1.165, 1.54) is 0 Å². The fraction of sp³-hybridized carbons (Fsp3) is 0.238. The number of fused-ring (bicyclic) bond motifs is 1. The van der Waals surface area contributed by atoms with Gasteiger partial charge in [0.2, 0.25) is 0 Å². The Balaban J connectivity index is 0.000000948. The largest absolute Gasteiger partial charge is 0.383 e. The minimum Gasteiger partial charge on any atom is -0.383 e. The summed E-state index contributed by atoms with van der Waals surface area (Å²) in [5.41, 5.74) is 4.03. The summed E-state index contributed by atoms with van der Waals surface area (Å²) in [6, 6.07) is 18.2. The van der Waals surface area contributed by atoms with Gasteiger partial charge in [-0.15, -0.1) is 0 Å². The van der Waals surface area contributed by atoms with Crippen molar-refractivity contribution in [2.45, 2.75) is 20.4 Å². The predicted molar refractivity (Wildman–Crippen MR) is 106 cm³/mol. The Bertz CT molecular complexity index is 956. The third kappa shape index (κ3) is 3.53. The molecule has 5 nitrogen and oxygen atoms in total. The second-order valence-electron chi connectivity index (χ2n) is 5.58. The molecule has 4 aromatic rings. The smallest absolute Gasteiger partial charge is 0.159 e. The van der Waals surface area contributed by atoms with E-state index >= 15 is 0 Å². The van der Waals surface area contributed by atoms with Gasteiger partial charge in [0.05, 0.1) is 23.8 Å². The lowest BCUT2D eigenvalue weighted by atomic mass is 10.2. The average molecular weight is 348 g/mol. The van der Waals surface area contributed by atoms with Crippen LogP contribution in [0.15, 0.2) is 60.8 Å². The van der Waals surface area contributed by atoms with Crippen LogP contribution in [0, 0.1) is 0 Å². The van der Waals surface area contributed by atoms with E-state index in [1.807, 2.05) is 68.6 Å². The molecule has 0 radical (unpaired) electrons. The Morgan fingerprint density at radius 2 is 1.73 bits per heavy atom. The average Bonchev–Trinajstić information content (AvgIpc) is 3.33. The number of aromatic nitrogens is 4. The maximum Gasteiger partial charge on any atom is 0.159 e. The highest BCUT2D eigenvalue weighted by molar-refractivity contribution is 5.80.